The molecule has 0 spiro atoms. The van der Waals surface area contributed by atoms with Crippen molar-refractivity contribution < 1.29 is 9.15 Å². The summed E-state index contributed by atoms with van der Waals surface area (Å²) >= 11 is 3.54. The Bertz CT molecular complexity index is 592. The molecule has 0 amide bonds. The van der Waals surface area contributed by atoms with E-state index in [2.05, 4.69) is 22.9 Å². The molecule has 2 aromatic rings. The minimum atomic E-state index is -0.191. The second kappa shape index (κ2) is 6.46. The van der Waals surface area contributed by atoms with Gasteiger partial charge in [0.05, 0.1) is 17.1 Å². The molecule has 1 unspecified atom stereocenters. The van der Waals surface area contributed by atoms with Crippen molar-refractivity contribution in [3.05, 3.63) is 51.4 Å². The summed E-state index contributed by atoms with van der Waals surface area (Å²) in [5.41, 5.74) is 8.38. The first-order valence-corrected chi connectivity index (χ1v) is 7.57. The molecular formula is C16H20BrNO2. The van der Waals surface area contributed by atoms with Crippen molar-refractivity contribution in [1.82, 2.24) is 0 Å². The summed E-state index contributed by atoms with van der Waals surface area (Å²) in [4.78, 5) is 0. The van der Waals surface area contributed by atoms with Gasteiger partial charge in [0.25, 0.3) is 0 Å². The summed E-state index contributed by atoms with van der Waals surface area (Å²) < 4.78 is 12.1. The average molecular weight is 338 g/mol. The molecule has 1 aromatic heterocycles. The van der Waals surface area contributed by atoms with Gasteiger partial charge in [-0.3, -0.25) is 0 Å². The van der Waals surface area contributed by atoms with Crippen molar-refractivity contribution in [2.45, 2.75) is 33.2 Å². The largest absolute Gasteiger partial charge is 0.492 e. The molecule has 1 atom stereocenters. The third-order valence-electron chi connectivity index (χ3n) is 3.19. The van der Waals surface area contributed by atoms with Gasteiger partial charge in [-0.25, -0.2) is 0 Å². The third-order valence-corrected chi connectivity index (χ3v) is 3.81. The Morgan fingerprint density at radius 3 is 2.60 bits per heavy atom. The van der Waals surface area contributed by atoms with Crippen molar-refractivity contribution in [3.8, 4) is 5.75 Å². The number of hydrogen-bond acceptors (Lipinski definition) is 3. The normalized spacial score (nSPS) is 12.4. The van der Waals surface area contributed by atoms with Gasteiger partial charge in [-0.05, 0) is 60.0 Å². The van der Waals surface area contributed by atoms with E-state index in [4.69, 9.17) is 14.9 Å². The Balaban J connectivity index is 2.25. The first-order chi connectivity index (χ1) is 9.52. The van der Waals surface area contributed by atoms with Crippen LogP contribution in [0, 0.1) is 13.8 Å². The third kappa shape index (κ3) is 3.25. The van der Waals surface area contributed by atoms with Crippen LogP contribution >= 0.6 is 15.9 Å². The fourth-order valence-electron chi connectivity index (χ4n) is 2.18. The van der Waals surface area contributed by atoms with Gasteiger partial charge in [0.2, 0.25) is 0 Å². The van der Waals surface area contributed by atoms with Crippen LogP contribution in [0.1, 0.15) is 42.0 Å². The predicted octanol–water partition coefficient (Wildman–Crippen LogP) is 4.50. The maximum Gasteiger partial charge on any atom is 0.133 e. The van der Waals surface area contributed by atoms with Gasteiger partial charge in [0.15, 0.2) is 0 Å². The van der Waals surface area contributed by atoms with Crippen LogP contribution in [-0.4, -0.2) is 6.61 Å². The SMILES string of the molecule is CCCOc1ccc(C(N)c2cc(C)oc2C)cc1Br. The molecule has 0 saturated heterocycles. The molecule has 0 fully saturated rings. The molecule has 0 aliphatic rings. The first-order valence-electron chi connectivity index (χ1n) is 6.77. The van der Waals surface area contributed by atoms with E-state index >= 15 is 0 Å². The van der Waals surface area contributed by atoms with Gasteiger partial charge in [0.1, 0.15) is 17.3 Å². The smallest absolute Gasteiger partial charge is 0.133 e. The van der Waals surface area contributed by atoms with Gasteiger partial charge in [-0.1, -0.05) is 13.0 Å². The monoisotopic (exact) mass is 337 g/mol. The lowest BCUT2D eigenvalue weighted by molar-refractivity contribution is 0.315. The molecule has 4 heteroatoms. The van der Waals surface area contributed by atoms with E-state index in [0.29, 0.717) is 6.61 Å². The highest BCUT2D eigenvalue weighted by atomic mass is 79.9. The summed E-state index contributed by atoms with van der Waals surface area (Å²) in [5, 5.41) is 0. The van der Waals surface area contributed by atoms with Crippen LogP contribution in [0.25, 0.3) is 0 Å². The van der Waals surface area contributed by atoms with Crippen LogP contribution in [0.15, 0.2) is 33.2 Å². The highest BCUT2D eigenvalue weighted by Gasteiger charge is 2.16. The number of aryl methyl sites for hydroxylation is 2. The number of furan rings is 1. The molecule has 0 radical (unpaired) electrons. The second-order valence-electron chi connectivity index (χ2n) is 4.88. The Kier molecular flexibility index (Phi) is 4.89. The lowest BCUT2D eigenvalue weighted by Gasteiger charge is -2.14. The topological polar surface area (TPSA) is 48.4 Å². The molecule has 2 rings (SSSR count). The molecule has 2 N–H and O–H groups in total. The van der Waals surface area contributed by atoms with Crippen molar-refractivity contribution in [3.63, 3.8) is 0 Å². The first kappa shape index (κ1) is 15.1. The fourth-order valence-corrected chi connectivity index (χ4v) is 2.69. The minimum Gasteiger partial charge on any atom is -0.492 e. The zero-order valence-corrected chi connectivity index (χ0v) is 13.7. The molecule has 108 valence electrons. The van der Waals surface area contributed by atoms with Crippen LogP contribution in [0.4, 0.5) is 0 Å². The molecular weight excluding hydrogens is 318 g/mol. The van der Waals surface area contributed by atoms with E-state index in [0.717, 1.165) is 39.3 Å². The molecule has 1 aromatic carbocycles. The number of halogens is 1. The zero-order valence-electron chi connectivity index (χ0n) is 12.1. The predicted molar refractivity (Wildman–Crippen MR) is 84.1 cm³/mol. The summed E-state index contributed by atoms with van der Waals surface area (Å²) in [6.45, 7) is 6.67. The van der Waals surface area contributed by atoms with Crippen LogP contribution in [0.3, 0.4) is 0 Å². The summed E-state index contributed by atoms with van der Waals surface area (Å²) in [7, 11) is 0. The Labute approximate surface area is 128 Å². The number of benzene rings is 1. The van der Waals surface area contributed by atoms with Crippen molar-refractivity contribution in [2.75, 3.05) is 6.61 Å². The lowest BCUT2D eigenvalue weighted by atomic mass is 10.00. The van der Waals surface area contributed by atoms with Gasteiger partial charge in [0, 0.05) is 5.56 Å². The zero-order chi connectivity index (χ0) is 14.7. The van der Waals surface area contributed by atoms with E-state index in [1.807, 2.05) is 38.1 Å². The Morgan fingerprint density at radius 1 is 1.30 bits per heavy atom. The number of ether oxygens (including phenoxy) is 1. The molecule has 20 heavy (non-hydrogen) atoms. The standard InChI is InChI=1S/C16H20BrNO2/c1-4-7-19-15-6-5-12(9-14(15)17)16(18)13-8-10(2)20-11(13)3/h5-6,8-9,16H,4,7,18H2,1-3H3. The van der Waals surface area contributed by atoms with Crippen molar-refractivity contribution >= 4 is 15.9 Å². The van der Waals surface area contributed by atoms with E-state index in [1.165, 1.54) is 0 Å². The number of hydrogen-bond donors (Lipinski definition) is 1. The lowest BCUT2D eigenvalue weighted by Crippen LogP contribution is -2.12. The number of nitrogens with two attached hydrogens (primary N) is 1. The van der Waals surface area contributed by atoms with Crippen LogP contribution in [0.2, 0.25) is 0 Å². The maximum absolute atomic E-state index is 6.33. The average Bonchev–Trinajstić information content (AvgIpc) is 2.75. The highest BCUT2D eigenvalue weighted by Crippen LogP contribution is 2.31. The van der Waals surface area contributed by atoms with Gasteiger partial charge < -0.3 is 14.9 Å². The molecule has 0 aliphatic heterocycles. The summed E-state index contributed by atoms with van der Waals surface area (Å²) in [6.07, 6.45) is 0.987. The van der Waals surface area contributed by atoms with Crippen LogP contribution < -0.4 is 10.5 Å². The quantitative estimate of drug-likeness (QED) is 0.873. The summed E-state index contributed by atoms with van der Waals surface area (Å²) in [5.74, 6) is 2.61. The molecule has 0 aliphatic carbocycles. The molecule has 0 bridgehead atoms. The van der Waals surface area contributed by atoms with E-state index in [9.17, 15) is 0 Å². The fraction of sp³-hybridized carbons (Fsp3) is 0.375. The molecule has 1 heterocycles. The van der Waals surface area contributed by atoms with Crippen molar-refractivity contribution in [1.29, 1.82) is 0 Å². The van der Waals surface area contributed by atoms with E-state index in [-0.39, 0.29) is 6.04 Å². The van der Waals surface area contributed by atoms with Crippen molar-refractivity contribution in [2.24, 2.45) is 5.73 Å². The van der Waals surface area contributed by atoms with E-state index in [1.54, 1.807) is 0 Å². The van der Waals surface area contributed by atoms with Gasteiger partial charge in [-0.2, -0.15) is 0 Å². The summed E-state index contributed by atoms with van der Waals surface area (Å²) in [6, 6.07) is 7.77. The highest BCUT2D eigenvalue weighted by molar-refractivity contribution is 9.10. The Hall–Kier alpha value is -1.26. The van der Waals surface area contributed by atoms with Gasteiger partial charge >= 0.3 is 0 Å². The molecule has 0 saturated carbocycles. The maximum atomic E-state index is 6.33. The van der Waals surface area contributed by atoms with Crippen LogP contribution in [-0.2, 0) is 0 Å². The Morgan fingerprint density at radius 2 is 2.05 bits per heavy atom. The van der Waals surface area contributed by atoms with Crippen LogP contribution in [0.5, 0.6) is 5.75 Å². The van der Waals surface area contributed by atoms with Gasteiger partial charge in [-0.15, -0.1) is 0 Å². The van der Waals surface area contributed by atoms with E-state index < -0.39 is 0 Å². The minimum absolute atomic E-state index is 0.191. The molecule has 3 nitrogen and oxygen atoms in total. The number of rotatable bonds is 5. The second-order valence-corrected chi connectivity index (χ2v) is 5.74.